The number of rotatable bonds is 22. The Morgan fingerprint density at radius 2 is 0.753 bits per heavy atom. The first-order valence-corrected chi connectivity index (χ1v) is 39.3. The molecule has 22 heteroatoms. The lowest BCUT2D eigenvalue weighted by Crippen LogP contribution is -2.17. The van der Waals surface area contributed by atoms with Crippen LogP contribution in [0.5, 0.6) is 17.2 Å². The summed E-state index contributed by atoms with van der Waals surface area (Å²) in [6, 6.07) is 22.6. The number of aliphatic carboxylic acids is 1. The molecule has 0 spiro atoms. The molecule has 6 aromatic rings. The Bertz CT molecular complexity index is 4050. The molecule has 0 unspecified atom stereocenters. The molecule has 0 atom stereocenters. The van der Waals surface area contributed by atoms with Gasteiger partial charge in [-0.15, -0.1) is 0 Å². The molecule has 3 saturated carbocycles. The molecule has 3 fully saturated rings. The summed E-state index contributed by atoms with van der Waals surface area (Å²) in [7, 11) is -10.2. The van der Waals surface area contributed by atoms with E-state index < -0.39 is 36.0 Å². The second-order valence-corrected chi connectivity index (χ2v) is 34.9. The largest absolute Gasteiger partial charge is 0.508 e. The van der Waals surface area contributed by atoms with Crippen molar-refractivity contribution in [1.29, 1.82) is 0 Å². The van der Waals surface area contributed by atoms with Gasteiger partial charge < -0.3 is 38.1 Å². The highest BCUT2D eigenvalue weighted by Crippen LogP contribution is 2.41. The molecule has 3 aromatic heterocycles. The molecule has 8 N–H and O–H groups in total. The molecule has 0 aliphatic heterocycles. The van der Waals surface area contributed by atoms with Crippen molar-refractivity contribution in [2.75, 3.05) is 20.3 Å². The van der Waals surface area contributed by atoms with Gasteiger partial charge in [-0.25, -0.2) is 40.7 Å². The van der Waals surface area contributed by atoms with Crippen LogP contribution in [0.4, 0.5) is 0 Å². The maximum absolute atomic E-state index is 12.4. The molecule has 97 heavy (non-hydrogen) atoms. The maximum Gasteiger partial charge on any atom is 0.305 e. The zero-order valence-electron chi connectivity index (χ0n) is 59.8. The Hall–Kier alpha value is -6.43. The van der Waals surface area contributed by atoms with E-state index in [1.54, 1.807) is 30.3 Å². The van der Waals surface area contributed by atoms with Gasteiger partial charge in [-0.1, -0.05) is 120 Å². The minimum Gasteiger partial charge on any atom is -0.508 e. The number of hydrogen-bond donors (Lipinski definition) is 5. The van der Waals surface area contributed by atoms with Gasteiger partial charge in [0.1, 0.15) is 31.9 Å². The molecule has 19 nitrogen and oxygen atoms in total. The summed E-state index contributed by atoms with van der Waals surface area (Å²) < 4.78 is 96.8. The minimum absolute atomic E-state index is 0.0486. The quantitative estimate of drug-likeness (QED) is 0.0312. The third-order valence-corrected chi connectivity index (χ3v) is 22.5. The third-order valence-electron chi connectivity index (χ3n) is 19.4. The standard InChI is InChI=1S/C27H40N2O5S.C26H38N2O5S.C22H32N2O3S/c1-19-25(35(28,31)32)17-24(29(19)18-20-10-7-6-8-11-20)21-14-22(27(2,3)4)16-23(15-21)34-13-9-12-26(30)33-5;1-18-24(34(27,31)32)16-23(28(18)17-19-9-6-5-7-10-19)20-13-21(26(2,3)4)15-22(14-20)33-12-8-11-25(29)30;1-15-21(28(23,26)27)13-20(24(15)14-16-8-6-5-7-9-16)17-10-18(22(2,3)4)12-19(25)11-17/h14-17,20H,6-13,18H2,1-5H3,(H2,28,31,32);13-16,19H,5-12,17H2,1-4H3,(H,29,30)(H2,27,31,32);10-13,16,25H,5-9,14H2,1-4H3,(H2,23,26,27). The number of carbonyl (C=O) groups excluding carboxylic acids is 1. The minimum atomic E-state index is -3.87. The fourth-order valence-electron chi connectivity index (χ4n) is 13.7. The van der Waals surface area contributed by atoms with Crippen molar-refractivity contribution < 1.29 is 59.3 Å². The molecule has 3 aliphatic rings. The number of ether oxygens (including phenoxy) is 3. The van der Waals surface area contributed by atoms with Crippen LogP contribution in [0.3, 0.4) is 0 Å². The highest BCUT2D eigenvalue weighted by molar-refractivity contribution is 7.89. The highest BCUT2D eigenvalue weighted by atomic mass is 32.2. The summed E-state index contributed by atoms with van der Waals surface area (Å²) in [4.78, 5) is 22.8. The number of phenolic OH excluding ortho intramolecular Hbond substituents is 1. The van der Waals surface area contributed by atoms with Crippen LogP contribution in [0.1, 0.15) is 218 Å². The number of esters is 1. The first kappa shape index (κ1) is 77.9. The van der Waals surface area contributed by atoms with Crippen molar-refractivity contribution >= 4 is 42.0 Å². The number of carboxylic acid groups (broad SMARTS) is 1. The Morgan fingerprint density at radius 3 is 1.04 bits per heavy atom. The lowest BCUT2D eigenvalue weighted by molar-refractivity contribution is -0.141. The number of sulfonamides is 3. The lowest BCUT2D eigenvalue weighted by Gasteiger charge is -2.25. The van der Waals surface area contributed by atoms with E-state index in [0.29, 0.717) is 78.8 Å². The van der Waals surface area contributed by atoms with Crippen molar-refractivity contribution in [3.63, 3.8) is 0 Å². The number of aromatic nitrogens is 3. The number of primary sulfonamides is 3. The Morgan fingerprint density at radius 1 is 0.454 bits per heavy atom. The van der Waals surface area contributed by atoms with E-state index in [1.807, 2.05) is 51.1 Å². The third kappa shape index (κ3) is 21.8. The number of nitrogens with two attached hydrogens (primary N) is 3. The number of carbonyl (C=O) groups is 2. The normalized spacial score (nSPS) is 15.7. The second kappa shape index (κ2) is 32.7. The number of aromatic hydroxyl groups is 1. The number of methoxy groups -OCH3 is 1. The van der Waals surface area contributed by atoms with Gasteiger partial charge in [0.15, 0.2) is 0 Å². The van der Waals surface area contributed by atoms with E-state index in [2.05, 4.69) is 88.1 Å². The molecule has 0 amide bonds. The van der Waals surface area contributed by atoms with Crippen molar-refractivity contribution in [1.82, 2.24) is 13.7 Å². The van der Waals surface area contributed by atoms with Crippen LogP contribution < -0.4 is 24.9 Å². The molecule has 536 valence electrons. The first-order chi connectivity index (χ1) is 45.2. The number of nitrogens with zero attached hydrogens (tertiary/aromatic N) is 3. The van der Waals surface area contributed by atoms with E-state index in [-0.39, 0.29) is 49.1 Å². The molecule has 0 bridgehead atoms. The molecule has 3 aliphatic carbocycles. The lowest BCUT2D eigenvalue weighted by atomic mass is 9.85. The van der Waals surface area contributed by atoms with Crippen LogP contribution in [-0.4, -0.2) is 81.4 Å². The van der Waals surface area contributed by atoms with Crippen molar-refractivity contribution in [2.24, 2.45) is 33.2 Å². The fourth-order valence-corrected chi connectivity index (χ4v) is 16.1. The van der Waals surface area contributed by atoms with E-state index >= 15 is 0 Å². The second-order valence-electron chi connectivity index (χ2n) is 30.3. The van der Waals surface area contributed by atoms with Crippen LogP contribution in [0, 0.1) is 38.5 Å². The van der Waals surface area contributed by atoms with Crippen LogP contribution in [-0.2, 0) is 80.3 Å². The monoisotopic (exact) mass is 1400 g/mol. The van der Waals surface area contributed by atoms with Gasteiger partial charge in [-0.2, -0.15) is 0 Å². The van der Waals surface area contributed by atoms with Crippen LogP contribution in [0.25, 0.3) is 33.8 Å². The number of benzene rings is 3. The molecule has 0 saturated heterocycles. The smallest absolute Gasteiger partial charge is 0.305 e. The zero-order chi connectivity index (χ0) is 71.6. The number of hydrogen-bond acceptors (Lipinski definition) is 12. The van der Waals surface area contributed by atoms with Crippen LogP contribution >= 0.6 is 0 Å². The topological polar surface area (TPSA) is 298 Å². The molecular weight excluding hydrogens is 1290 g/mol. The number of phenols is 1. The van der Waals surface area contributed by atoms with Gasteiger partial charge in [0.25, 0.3) is 0 Å². The molecule has 3 aromatic carbocycles. The van der Waals surface area contributed by atoms with E-state index in [1.165, 1.54) is 64.9 Å². The van der Waals surface area contributed by atoms with E-state index in [4.69, 9.17) is 34.7 Å². The molecule has 0 radical (unpaired) electrons. The summed E-state index contributed by atoms with van der Waals surface area (Å²) in [5.41, 5.74) is 9.75. The van der Waals surface area contributed by atoms with Crippen molar-refractivity contribution in [2.45, 2.75) is 256 Å². The summed E-state index contributed by atoms with van der Waals surface area (Å²) >= 11 is 0. The molecular formula is C75H110N6O13S3. The first-order valence-electron chi connectivity index (χ1n) is 34.6. The van der Waals surface area contributed by atoms with Crippen LogP contribution in [0.2, 0.25) is 0 Å². The van der Waals surface area contributed by atoms with Crippen molar-refractivity contribution in [3.8, 4) is 51.0 Å². The SMILES string of the molecule is COC(=O)CCCOc1cc(-c2cc(S(N)(=O)=O)c(C)n2CC2CCCCC2)cc(C(C)(C)C)c1.Cc1c(S(N)(=O)=O)cc(-c2cc(O)cc(C(C)(C)C)c2)n1CC1CCCCC1.Cc1c(S(N)(=O)=O)cc(-c2cc(OCCCC(=O)O)cc(C(C)(C)C)c2)n1CC1CCCCC1. The highest BCUT2D eigenvalue weighted by Gasteiger charge is 2.30. The van der Waals surface area contributed by atoms with Gasteiger partial charge in [0.2, 0.25) is 30.1 Å². The fraction of sp³-hybridized carbons (Fsp3) is 0.573. The molecule has 9 rings (SSSR count). The maximum atomic E-state index is 12.4. The van der Waals surface area contributed by atoms with Gasteiger partial charge in [0, 0.05) is 83.3 Å². The summed E-state index contributed by atoms with van der Waals surface area (Å²) in [6.45, 7) is 27.5. The average Bonchev–Trinajstić information content (AvgIpc) is 1.66. The average molecular weight is 1400 g/mol. The van der Waals surface area contributed by atoms with Gasteiger partial charge in [0.05, 0.1) is 20.3 Å². The van der Waals surface area contributed by atoms with Gasteiger partial charge in [-0.05, 0) is 196 Å². The summed E-state index contributed by atoms with van der Waals surface area (Å²) in [5.74, 6) is 1.97. The predicted molar refractivity (Wildman–Crippen MR) is 385 cm³/mol. The summed E-state index contributed by atoms with van der Waals surface area (Å²) in [6.07, 6.45) is 19.3. The Balaban J connectivity index is 0.000000206. The van der Waals surface area contributed by atoms with Crippen molar-refractivity contribution in [3.05, 3.63) is 107 Å². The van der Waals surface area contributed by atoms with Crippen LogP contribution in [0.15, 0.2) is 87.5 Å². The number of carboxylic acids is 1. The Kier molecular flexibility index (Phi) is 26.3. The van der Waals surface area contributed by atoms with E-state index in [9.17, 15) is 39.9 Å². The Labute approximate surface area is 578 Å². The predicted octanol–water partition coefficient (Wildman–Crippen LogP) is 15.2. The van der Waals surface area contributed by atoms with Gasteiger partial charge in [-0.3, -0.25) is 9.59 Å². The van der Waals surface area contributed by atoms with E-state index in [0.717, 1.165) is 109 Å². The molecule has 3 heterocycles. The van der Waals surface area contributed by atoms with Gasteiger partial charge >= 0.3 is 11.9 Å². The summed E-state index contributed by atoms with van der Waals surface area (Å²) in [5, 5.41) is 35.9. The zero-order valence-corrected chi connectivity index (χ0v) is 62.3.